The zero-order chi connectivity index (χ0) is 15.1. The van der Waals surface area contributed by atoms with Gasteiger partial charge in [-0.25, -0.2) is 0 Å². The number of anilines is 1. The van der Waals surface area contributed by atoms with Crippen molar-refractivity contribution in [1.29, 1.82) is 0 Å². The normalized spacial score (nSPS) is 10.8. The second-order valence-electron chi connectivity index (χ2n) is 4.59. The molecule has 0 aliphatic heterocycles. The Morgan fingerprint density at radius 1 is 1.38 bits per heavy atom. The van der Waals surface area contributed by atoms with Crippen LogP contribution >= 0.6 is 11.3 Å². The molecule has 0 aromatic carbocycles. The van der Waals surface area contributed by atoms with Crippen molar-refractivity contribution in [2.45, 2.75) is 26.3 Å². The first-order valence-electron chi connectivity index (χ1n) is 6.73. The maximum absolute atomic E-state index is 11.8. The van der Waals surface area contributed by atoms with Gasteiger partial charge in [0.15, 0.2) is 0 Å². The van der Waals surface area contributed by atoms with E-state index in [1.165, 1.54) is 11.3 Å². The first-order valence-corrected chi connectivity index (χ1v) is 7.54. The van der Waals surface area contributed by atoms with Crippen LogP contribution in [0, 0.1) is 0 Å². The lowest BCUT2D eigenvalue weighted by molar-refractivity contribution is -0.116. The van der Waals surface area contributed by atoms with Crippen LogP contribution in [0.2, 0.25) is 0 Å². The molecule has 1 N–H and O–H groups in total. The van der Waals surface area contributed by atoms with Crippen molar-refractivity contribution in [3.63, 3.8) is 0 Å². The van der Waals surface area contributed by atoms with Crippen molar-refractivity contribution < 1.29 is 4.79 Å². The lowest BCUT2D eigenvalue weighted by atomic mass is 10.3. The minimum absolute atomic E-state index is 0.0557. The summed E-state index contributed by atoms with van der Waals surface area (Å²) in [6.45, 7) is 3.31. The average molecular weight is 306 g/mol. The van der Waals surface area contributed by atoms with Gasteiger partial charge in [0.05, 0.1) is 5.69 Å². The first-order chi connectivity index (χ1) is 10.2. The molecular weight excluding hydrogens is 288 g/mol. The van der Waals surface area contributed by atoms with E-state index < -0.39 is 0 Å². The van der Waals surface area contributed by atoms with E-state index in [-0.39, 0.29) is 5.91 Å². The smallest absolute Gasteiger partial charge is 0.227 e. The van der Waals surface area contributed by atoms with Crippen LogP contribution in [-0.4, -0.2) is 44.6 Å². The molecule has 112 valence electrons. The summed E-state index contributed by atoms with van der Waals surface area (Å²) < 4.78 is 0. The molecule has 2 aromatic rings. The molecule has 0 saturated carbocycles. The molecule has 0 radical (unpaired) electrons. The number of rotatable bonds is 7. The average Bonchev–Trinajstić information content (AvgIpc) is 2.94. The second kappa shape index (κ2) is 7.75. The van der Waals surface area contributed by atoms with Crippen LogP contribution in [0.15, 0.2) is 18.6 Å². The predicted octanol–water partition coefficient (Wildman–Crippen LogP) is 1.35. The summed E-state index contributed by atoms with van der Waals surface area (Å²) in [5.74, 6) is -0.0557. The molecule has 0 spiro atoms. The van der Waals surface area contributed by atoms with E-state index in [4.69, 9.17) is 0 Å². The molecule has 0 aliphatic carbocycles. The van der Waals surface area contributed by atoms with Crippen LogP contribution in [0.3, 0.4) is 0 Å². The number of nitrogens with one attached hydrogen (secondary N) is 1. The van der Waals surface area contributed by atoms with Crippen molar-refractivity contribution >= 4 is 22.4 Å². The number of carbonyl (C=O) groups excluding carboxylic acids is 1. The van der Waals surface area contributed by atoms with Crippen LogP contribution in [0.1, 0.15) is 24.0 Å². The van der Waals surface area contributed by atoms with E-state index in [2.05, 4.69) is 25.5 Å². The molecule has 2 rings (SSSR count). The van der Waals surface area contributed by atoms with Gasteiger partial charge < -0.3 is 5.32 Å². The van der Waals surface area contributed by atoms with E-state index in [1.807, 2.05) is 18.9 Å². The third-order valence-corrected chi connectivity index (χ3v) is 3.77. The van der Waals surface area contributed by atoms with Crippen LogP contribution in [-0.2, 0) is 17.8 Å². The van der Waals surface area contributed by atoms with Gasteiger partial charge in [0, 0.05) is 38.1 Å². The van der Waals surface area contributed by atoms with Gasteiger partial charge in [-0.15, -0.1) is 10.2 Å². The molecule has 21 heavy (non-hydrogen) atoms. The van der Waals surface area contributed by atoms with Crippen LogP contribution in [0.5, 0.6) is 0 Å². The highest BCUT2D eigenvalue weighted by Gasteiger charge is 2.09. The first kappa shape index (κ1) is 15.5. The summed E-state index contributed by atoms with van der Waals surface area (Å²) in [5, 5.41) is 12.1. The molecule has 2 aromatic heterocycles. The third-order valence-electron chi connectivity index (χ3n) is 2.78. The molecule has 0 unspecified atom stereocenters. The Balaban J connectivity index is 1.73. The Morgan fingerprint density at radius 2 is 2.24 bits per heavy atom. The lowest BCUT2D eigenvalue weighted by Gasteiger charge is -2.15. The van der Waals surface area contributed by atoms with Crippen molar-refractivity contribution in [3.8, 4) is 0 Å². The van der Waals surface area contributed by atoms with E-state index in [0.29, 0.717) is 24.6 Å². The fourth-order valence-electron chi connectivity index (χ4n) is 1.69. The molecule has 0 atom stereocenters. The number of hydrogen-bond acceptors (Lipinski definition) is 7. The van der Waals surface area contributed by atoms with Crippen molar-refractivity contribution in [2.24, 2.45) is 0 Å². The highest BCUT2D eigenvalue weighted by Crippen LogP contribution is 2.15. The number of nitrogens with zero attached hydrogens (tertiary/aromatic N) is 5. The topological polar surface area (TPSA) is 83.9 Å². The van der Waals surface area contributed by atoms with Crippen molar-refractivity contribution in [1.82, 2.24) is 25.1 Å². The van der Waals surface area contributed by atoms with Gasteiger partial charge in [-0.05, 0) is 13.5 Å². The number of carbonyl (C=O) groups is 1. The molecule has 8 heteroatoms. The number of aryl methyl sites for hydroxylation is 1. The number of amides is 1. The number of hydrogen-bond donors (Lipinski definition) is 1. The van der Waals surface area contributed by atoms with Crippen molar-refractivity contribution in [3.05, 3.63) is 29.3 Å². The predicted molar refractivity (Wildman–Crippen MR) is 80.9 cm³/mol. The fraction of sp³-hybridized carbons (Fsp3) is 0.462. The monoisotopic (exact) mass is 306 g/mol. The van der Waals surface area contributed by atoms with Crippen LogP contribution in [0.4, 0.5) is 5.13 Å². The second-order valence-corrected chi connectivity index (χ2v) is 5.65. The van der Waals surface area contributed by atoms with E-state index in [0.717, 1.165) is 17.1 Å². The Bertz CT molecular complexity index is 573. The molecule has 0 aliphatic rings. The van der Waals surface area contributed by atoms with Gasteiger partial charge >= 0.3 is 0 Å². The lowest BCUT2D eigenvalue weighted by Crippen LogP contribution is -2.24. The molecular formula is C13H18N6OS. The zero-order valence-electron chi connectivity index (χ0n) is 12.1. The van der Waals surface area contributed by atoms with Gasteiger partial charge in [0.2, 0.25) is 11.0 Å². The molecule has 2 heterocycles. The largest absolute Gasteiger partial charge is 0.300 e. The Labute approximate surface area is 127 Å². The van der Waals surface area contributed by atoms with Gasteiger partial charge in [-0.2, -0.15) is 0 Å². The Kier molecular flexibility index (Phi) is 5.70. The van der Waals surface area contributed by atoms with Crippen LogP contribution in [0.25, 0.3) is 0 Å². The fourth-order valence-corrected chi connectivity index (χ4v) is 2.38. The third kappa shape index (κ3) is 5.16. The Hall–Kier alpha value is -1.93. The van der Waals surface area contributed by atoms with Crippen LogP contribution < -0.4 is 5.32 Å². The summed E-state index contributed by atoms with van der Waals surface area (Å²) in [6.07, 6.45) is 6.26. The molecule has 0 fully saturated rings. The molecule has 1 amide bonds. The van der Waals surface area contributed by atoms with Gasteiger partial charge in [-0.1, -0.05) is 18.3 Å². The highest BCUT2D eigenvalue weighted by atomic mass is 32.1. The van der Waals surface area contributed by atoms with E-state index in [9.17, 15) is 4.79 Å². The highest BCUT2D eigenvalue weighted by molar-refractivity contribution is 7.15. The maximum atomic E-state index is 11.8. The SMILES string of the molecule is CCc1nnc(NC(=O)CCN(C)Cc2cnccn2)s1. The summed E-state index contributed by atoms with van der Waals surface area (Å²) >= 11 is 1.41. The summed E-state index contributed by atoms with van der Waals surface area (Å²) in [5.41, 5.74) is 0.886. The maximum Gasteiger partial charge on any atom is 0.227 e. The molecule has 7 nitrogen and oxygen atoms in total. The van der Waals surface area contributed by atoms with Gasteiger partial charge in [0.1, 0.15) is 5.01 Å². The molecule has 0 bridgehead atoms. The zero-order valence-corrected chi connectivity index (χ0v) is 12.9. The minimum atomic E-state index is -0.0557. The van der Waals surface area contributed by atoms with E-state index in [1.54, 1.807) is 18.6 Å². The van der Waals surface area contributed by atoms with Gasteiger partial charge in [-0.3, -0.25) is 19.7 Å². The minimum Gasteiger partial charge on any atom is -0.300 e. The summed E-state index contributed by atoms with van der Waals surface area (Å²) in [7, 11) is 1.95. The van der Waals surface area contributed by atoms with Crippen molar-refractivity contribution in [2.75, 3.05) is 18.9 Å². The van der Waals surface area contributed by atoms with Gasteiger partial charge in [0.25, 0.3) is 0 Å². The summed E-state index contributed by atoms with van der Waals surface area (Å²) in [4.78, 5) is 22.1. The summed E-state index contributed by atoms with van der Waals surface area (Å²) in [6, 6.07) is 0. The number of aromatic nitrogens is 4. The quantitative estimate of drug-likeness (QED) is 0.831. The standard InChI is InChI=1S/C13H18N6OS/c1-3-12-17-18-13(21-12)16-11(20)4-7-19(2)9-10-8-14-5-6-15-10/h5-6,8H,3-4,7,9H2,1-2H3,(H,16,18,20). The molecule has 0 saturated heterocycles. The van der Waals surface area contributed by atoms with E-state index >= 15 is 0 Å². The Morgan fingerprint density at radius 3 is 2.90 bits per heavy atom.